The predicted molar refractivity (Wildman–Crippen MR) is 81.7 cm³/mol. The topological polar surface area (TPSA) is 72.6 Å². The maximum absolute atomic E-state index is 12.8. The molecule has 0 atom stereocenters. The molecule has 5 nitrogen and oxygen atoms in total. The third-order valence-electron chi connectivity index (χ3n) is 3.43. The molecule has 0 unspecified atom stereocenters. The molecular formula is C14H16N2O3S2. The second-order valence-corrected chi connectivity index (χ2v) is 7.61. The lowest BCUT2D eigenvalue weighted by Crippen LogP contribution is -2.32. The Morgan fingerprint density at radius 1 is 1.29 bits per heavy atom. The van der Waals surface area contributed by atoms with Crippen molar-refractivity contribution in [1.29, 1.82) is 0 Å². The molecule has 2 heterocycles. The minimum atomic E-state index is -3.54. The number of fused-ring (bicyclic) bond motifs is 1. The van der Waals surface area contributed by atoms with Crippen LogP contribution in [-0.2, 0) is 23.1 Å². The third kappa shape index (κ3) is 2.69. The maximum Gasteiger partial charge on any atom is 0.244 e. The molecule has 3 rings (SSSR count). The second kappa shape index (κ2) is 5.76. The molecule has 1 aliphatic rings. The summed E-state index contributed by atoms with van der Waals surface area (Å²) in [7, 11) is -3.54. The van der Waals surface area contributed by atoms with E-state index in [1.165, 1.54) is 15.6 Å². The summed E-state index contributed by atoms with van der Waals surface area (Å²) in [4.78, 5) is 1.00. The van der Waals surface area contributed by atoms with Crippen molar-refractivity contribution < 1.29 is 13.2 Å². The lowest BCUT2D eigenvalue weighted by atomic mass is 10.2. The average Bonchev–Trinajstić information content (AvgIpc) is 2.86. The molecule has 0 spiro atoms. The van der Waals surface area contributed by atoms with Crippen molar-refractivity contribution in [1.82, 2.24) is 4.31 Å². The summed E-state index contributed by atoms with van der Waals surface area (Å²) in [6, 6.07) is 9.14. The number of nitrogens with two attached hydrogens (primary N) is 1. The van der Waals surface area contributed by atoms with Gasteiger partial charge in [-0.25, -0.2) is 8.42 Å². The number of hydrogen-bond donors (Lipinski definition) is 1. The van der Waals surface area contributed by atoms with Crippen LogP contribution in [0, 0.1) is 0 Å². The summed E-state index contributed by atoms with van der Waals surface area (Å²) in [5.41, 5.74) is 6.51. The van der Waals surface area contributed by atoms with Gasteiger partial charge in [-0.05, 0) is 17.5 Å². The van der Waals surface area contributed by atoms with Gasteiger partial charge in [-0.1, -0.05) is 18.2 Å². The zero-order valence-corrected chi connectivity index (χ0v) is 13.0. The fourth-order valence-electron chi connectivity index (χ4n) is 2.35. The molecule has 2 aromatic rings. The SMILES string of the molecule is NCc1sccc1S(=O)(=O)N1CCOc2ccccc2C1. The number of benzene rings is 1. The average molecular weight is 324 g/mol. The first kappa shape index (κ1) is 14.5. The number of sulfonamides is 1. The van der Waals surface area contributed by atoms with E-state index in [4.69, 9.17) is 10.5 Å². The highest BCUT2D eigenvalue weighted by molar-refractivity contribution is 7.89. The molecular weight excluding hydrogens is 308 g/mol. The molecule has 0 radical (unpaired) electrons. The highest BCUT2D eigenvalue weighted by Gasteiger charge is 2.29. The van der Waals surface area contributed by atoms with Gasteiger partial charge < -0.3 is 10.5 Å². The fourth-order valence-corrected chi connectivity index (χ4v) is 5.06. The Morgan fingerprint density at radius 2 is 2.10 bits per heavy atom. The summed E-state index contributed by atoms with van der Waals surface area (Å²) in [5, 5.41) is 1.76. The molecule has 112 valence electrons. The van der Waals surface area contributed by atoms with E-state index < -0.39 is 10.0 Å². The summed E-state index contributed by atoms with van der Waals surface area (Å²) in [5.74, 6) is 0.750. The van der Waals surface area contributed by atoms with Crippen molar-refractivity contribution in [3.63, 3.8) is 0 Å². The number of rotatable bonds is 3. The molecule has 1 aromatic heterocycles. The number of ether oxygens (including phenoxy) is 1. The van der Waals surface area contributed by atoms with Crippen LogP contribution in [-0.4, -0.2) is 25.9 Å². The Kier molecular flexibility index (Phi) is 3.99. The van der Waals surface area contributed by atoms with Gasteiger partial charge in [0.1, 0.15) is 12.4 Å². The minimum absolute atomic E-state index is 0.229. The molecule has 0 aliphatic carbocycles. The molecule has 0 amide bonds. The number of thiophene rings is 1. The van der Waals surface area contributed by atoms with Crippen molar-refractivity contribution >= 4 is 21.4 Å². The van der Waals surface area contributed by atoms with E-state index in [0.717, 1.165) is 11.3 Å². The van der Waals surface area contributed by atoms with Crippen molar-refractivity contribution in [2.24, 2.45) is 5.73 Å². The lowest BCUT2D eigenvalue weighted by Gasteiger charge is -2.19. The first-order valence-electron chi connectivity index (χ1n) is 6.60. The first-order valence-corrected chi connectivity index (χ1v) is 8.92. The smallest absolute Gasteiger partial charge is 0.244 e. The lowest BCUT2D eigenvalue weighted by molar-refractivity contribution is 0.293. The fraction of sp³-hybridized carbons (Fsp3) is 0.286. The molecule has 1 aromatic carbocycles. The van der Waals surface area contributed by atoms with Gasteiger partial charge in [-0.2, -0.15) is 4.31 Å². The van der Waals surface area contributed by atoms with Crippen LogP contribution < -0.4 is 10.5 Å². The highest BCUT2D eigenvalue weighted by Crippen LogP contribution is 2.29. The van der Waals surface area contributed by atoms with Crippen LogP contribution in [0.15, 0.2) is 40.6 Å². The predicted octanol–water partition coefficient (Wildman–Crippen LogP) is 1.79. The normalized spacial score (nSPS) is 16.0. The van der Waals surface area contributed by atoms with E-state index in [1.807, 2.05) is 24.3 Å². The molecule has 0 bridgehead atoms. The summed E-state index contributed by atoms with van der Waals surface area (Å²) in [6.07, 6.45) is 0. The van der Waals surface area contributed by atoms with Crippen LogP contribution in [0.2, 0.25) is 0 Å². The molecule has 1 aliphatic heterocycles. The van der Waals surface area contributed by atoms with Gasteiger partial charge in [-0.15, -0.1) is 11.3 Å². The first-order chi connectivity index (χ1) is 10.1. The molecule has 7 heteroatoms. The van der Waals surface area contributed by atoms with Crippen LogP contribution in [0.1, 0.15) is 10.4 Å². The second-order valence-electron chi connectivity index (χ2n) is 4.71. The summed E-state index contributed by atoms with van der Waals surface area (Å²) in [6.45, 7) is 1.22. The van der Waals surface area contributed by atoms with Gasteiger partial charge >= 0.3 is 0 Å². The van der Waals surface area contributed by atoms with E-state index in [9.17, 15) is 8.42 Å². The minimum Gasteiger partial charge on any atom is -0.492 e. The Morgan fingerprint density at radius 3 is 2.90 bits per heavy atom. The van der Waals surface area contributed by atoms with E-state index in [-0.39, 0.29) is 6.54 Å². The molecule has 21 heavy (non-hydrogen) atoms. The van der Waals surface area contributed by atoms with Gasteiger partial charge in [-0.3, -0.25) is 0 Å². The quantitative estimate of drug-likeness (QED) is 0.934. The molecule has 0 fully saturated rings. The van der Waals surface area contributed by atoms with Gasteiger partial charge in [0.15, 0.2) is 0 Å². The van der Waals surface area contributed by atoms with Crippen LogP contribution in [0.5, 0.6) is 5.75 Å². The van der Waals surface area contributed by atoms with Crippen molar-refractivity contribution in [2.45, 2.75) is 18.0 Å². The van der Waals surface area contributed by atoms with Crippen LogP contribution in [0.25, 0.3) is 0 Å². The van der Waals surface area contributed by atoms with E-state index >= 15 is 0 Å². The van der Waals surface area contributed by atoms with Gasteiger partial charge in [0.25, 0.3) is 0 Å². The van der Waals surface area contributed by atoms with E-state index in [2.05, 4.69) is 0 Å². The standard InChI is InChI=1S/C14H16N2O3S2/c15-9-13-14(5-8-20-13)21(17,18)16-6-7-19-12-4-2-1-3-11(12)10-16/h1-5,8H,6-7,9-10,15H2. The van der Waals surface area contributed by atoms with E-state index in [1.54, 1.807) is 11.4 Å². The zero-order valence-electron chi connectivity index (χ0n) is 11.4. The van der Waals surface area contributed by atoms with Gasteiger partial charge in [0.2, 0.25) is 10.0 Å². The van der Waals surface area contributed by atoms with Crippen LogP contribution in [0.3, 0.4) is 0 Å². The van der Waals surface area contributed by atoms with Crippen molar-refractivity contribution in [3.8, 4) is 5.75 Å². The molecule has 0 saturated heterocycles. The Labute approximate surface area is 128 Å². The largest absolute Gasteiger partial charge is 0.492 e. The zero-order chi connectivity index (χ0) is 14.9. The van der Waals surface area contributed by atoms with Crippen molar-refractivity contribution in [2.75, 3.05) is 13.2 Å². The molecule has 2 N–H and O–H groups in total. The summed E-state index contributed by atoms with van der Waals surface area (Å²) >= 11 is 1.37. The molecule has 0 saturated carbocycles. The van der Waals surface area contributed by atoms with Crippen molar-refractivity contribution in [3.05, 3.63) is 46.2 Å². The van der Waals surface area contributed by atoms with Gasteiger partial charge in [0, 0.05) is 30.1 Å². The highest BCUT2D eigenvalue weighted by atomic mass is 32.2. The Hall–Kier alpha value is -1.41. The Bertz CT molecular complexity index is 740. The number of para-hydroxylation sites is 1. The third-order valence-corrected chi connectivity index (χ3v) is 6.43. The summed E-state index contributed by atoms with van der Waals surface area (Å²) < 4.78 is 32.7. The maximum atomic E-state index is 12.8. The van der Waals surface area contributed by atoms with Gasteiger partial charge in [0.05, 0.1) is 4.90 Å². The number of hydrogen-bond acceptors (Lipinski definition) is 5. The van der Waals surface area contributed by atoms with Crippen LogP contribution >= 0.6 is 11.3 Å². The number of nitrogens with zero attached hydrogens (tertiary/aromatic N) is 1. The van der Waals surface area contributed by atoms with Crippen LogP contribution in [0.4, 0.5) is 0 Å². The van der Waals surface area contributed by atoms with E-state index in [0.29, 0.717) is 29.5 Å². The monoisotopic (exact) mass is 324 g/mol. The Balaban J connectivity index is 1.97.